The van der Waals surface area contributed by atoms with Crippen molar-refractivity contribution in [2.24, 2.45) is 5.73 Å². The molecule has 1 saturated heterocycles. The van der Waals surface area contributed by atoms with E-state index in [1.807, 2.05) is 17.0 Å². The van der Waals surface area contributed by atoms with Crippen LogP contribution >= 0.6 is 0 Å². The van der Waals surface area contributed by atoms with Crippen LogP contribution in [-0.4, -0.2) is 55.2 Å². The fourth-order valence-electron chi connectivity index (χ4n) is 2.73. The summed E-state index contributed by atoms with van der Waals surface area (Å²) in [5, 5.41) is 0. The molecule has 6 heteroatoms. The number of amides is 1. The zero-order chi connectivity index (χ0) is 14.7. The van der Waals surface area contributed by atoms with Crippen LogP contribution in [0.15, 0.2) is 18.2 Å². The highest BCUT2D eigenvalue weighted by Crippen LogP contribution is 2.32. The fraction of sp³-hybridized carbons (Fsp3) is 0.533. The molecule has 0 aliphatic carbocycles. The molecule has 114 valence electrons. The van der Waals surface area contributed by atoms with Gasteiger partial charge in [0.05, 0.1) is 0 Å². The predicted molar refractivity (Wildman–Crippen MR) is 78.1 cm³/mol. The van der Waals surface area contributed by atoms with E-state index in [9.17, 15) is 4.79 Å². The highest BCUT2D eigenvalue weighted by atomic mass is 16.7. The smallest absolute Gasteiger partial charge is 0.231 e. The fourth-order valence-corrected chi connectivity index (χ4v) is 2.73. The number of carbonyl (C=O) groups excluding carboxylic acids is 1. The monoisotopic (exact) mass is 291 g/mol. The van der Waals surface area contributed by atoms with Gasteiger partial charge in [-0.1, -0.05) is 6.07 Å². The summed E-state index contributed by atoms with van der Waals surface area (Å²) in [6.07, 6.45) is 0.447. The van der Waals surface area contributed by atoms with Crippen LogP contribution in [0.3, 0.4) is 0 Å². The molecule has 0 spiro atoms. The first-order valence-electron chi connectivity index (χ1n) is 7.35. The largest absolute Gasteiger partial charge is 0.454 e. The lowest BCUT2D eigenvalue weighted by molar-refractivity contribution is -0.132. The van der Waals surface area contributed by atoms with Gasteiger partial charge in [0, 0.05) is 45.7 Å². The van der Waals surface area contributed by atoms with Crippen LogP contribution in [0.25, 0.3) is 0 Å². The van der Waals surface area contributed by atoms with Crippen LogP contribution in [0.5, 0.6) is 11.5 Å². The molecule has 0 aromatic heterocycles. The van der Waals surface area contributed by atoms with Crippen molar-refractivity contribution in [2.75, 3.05) is 39.5 Å². The molecule has 1 amide bonds. The minimum Gasteiger partial charge on any atom is -0.454 e. The first-order valence-corrected chi connectivity index (χ1v) is 7.35. The molecule has 0 unspecified atom stereocenters. The summed E-state index contributed by atoms with van der Waals surface area (Å²) < 4.78 is 10.7. The second-order valence-corrected chi connectivity index (χ2v) is 5.38. The average Bonchev–Trinajstić information content (AvgIpc) is 2.96. The van der Waals surface area contributed by atoms with Gasteiger partial charge >= 0.3 is 0 Å². The number of fused-ring (bicyclic) bond motifs is 1. The highest BCUT2D eigenvalue weighted by molar-refractivity contribution is 5.76. The third-order valence-corrected chi connectivity index (χ3v) is 3.93. The number of ether oxygens (including phenoxy) is 2. The number of nitrogens with two attached hydrogens (primary N) is 1. The minimum atomic E-state index is 0.167. The number of hydrogen-bond donors (Lipinski definition) is 1. The zero-order valence-electron chi connectivity index (χ0n) is 12.1. The Bertz CT molecular complexity index is 513. The van der Waals surface area contributed by atoms with E-state index in [4.69, 9.17) is 15.2 Å². The summed E-state index contributed by atoms with van der Waals surface area (Å²) >= 11 is 0. The molecule has 3 rings (SSSR count). The Morgan fingerprint density at radius 3 is 2.67 bits per heavy atom. The Balaban J connectivity index is 1.52. The van der Waals surface area contributed by atoms with Gasteiger partial charge in [0.2, 0.25) is 12.7 Å². The number of hydrogen-bond acceptors (Lipinski definition) is 5. The summed E-state index contributed by atoms with van der Waals surface area (Å²) in [6.45, 7) is 4.95. The second-order valence-electron chi connectivity index (χ2n) is 5.38. The number of carbonyl (C=O) groups is 1. The van der Waals surface area contributed by atoms with Crippen LogP contribution in [0, 0.1) is 0 Å². The molecule has 1 aromatic carbocycles. The first-order chi connectivity index (χ1) is 10.3. The molecular formula is C15H21N3O3. The normalized spacial score (nSPS) is 18.0. The second kappa shape index (κ2) is 6.32. The number of nitrogens with zero attached hydrogens (tertiary/aromatic N) is 2. The van der Waals surface area contributed by atoms with E-state index in [1.165, 1.54) is 5.56 Å². The maximum absolute atomic E-state index is 11.8. The van der Waals surface area contributed by atoms with Crippen molar-refractivity contribution in [3.63, 3.8) is 0 Å². The van der Waals surface area contributed by atoms with E-state index in [2.05, 4.69) is 11.0 Å². The van der Waals surface area contributed by atoms with Crippen molar-refractivity contribution >= 4 is 5.91 Å². The molecule has 6 nitrogen and oxygen atoms in total. The summed E-state index contributed by atoms with van der Waals surface area (Å²) in [6, 6.07) is 6.06. The third kappa shape index (κ3) is 3.28. The van der Waals surface area contributed by atoms with Crippen molar-refractivity contribution in [1.29, 1.82) is 0 Å². The van der Waals surface area contributed by atoms with Crippen molar-refractivity contribution in [2.45, 2.75) is 13.0 Å². The Hall–Kier alpha value is -1.79. The Morgan fingerprint density at radius 1 is 1.14 bits per heavy atom. The van der Waals surface area contributed by atoms with Gasteiger partial charge in [-0.2, -0.15) is 0 Å². The summed E-state index contributed by atoms with van der Waals surface area (Å²) in [5.74, 6) is 1.81. The van der Waals surface area contributed by atoms with Gasteiger partial charge in [0.1, 0.15) is 0 Å². The number of rotatable bonds is 4. The Labute approximate surface area is 124 Å². The lowest BCUT2D eigenvalue weighted by Crippen LogP contribution is -2.48. The van der Waals surface area contributed by atoms with Gasteiger partial charge in [-0.25, -0.2) is 0 Å². The van der Waals surface area contributed by atoms with Crippen molar-refractivity contribution in [3.8, 4) is 11.5 Å². The average molecular weight is 291 g/mol. The lowest BCUT2D eigenvalue weighted by atomic mass is 10.1. The molecule has 21 heavy (non-hydrogen) atoms. The zero-order valence-corrected chi connectivity index (χ0v) is 12.1. The van der Waals surface area contributed by atoms with Crippen molar-refractivity contribution in [1.82, 2.24) is 9.80 Å². The molecule has 0 bridgehead atoms. The van der Waals surface area contributed by atoms with Crippen LogP contribution in [-0.2, 0) is 11.3 Å². The molecule has 2 N–H and O–H groups in total. The lowest BCUT2D eigenvalue weighted by Gasteiger charge is -2.34. The number of benzene rings is 1. The van der Waals surface area contributed by atoms with Crippen LogP contribution in [0.1, 0.15) is 12.0 Å². The molecule has 0 atom stereocenters. The van der Waals surface area contributed by atoms with E-state index in [1.54, 1.807) is 0 Å². The minimum absolute atomic E-state index is 0.167. The summed E-state index contributed by atoms with van der Waals surface area (Å²) in [5.41, 5.74) is 6.64. The van der Waals surface area contributed by atoms with Gasteiger partial charge in [-0.15, -0.1) is 0 Å². The van der Waals surface area contributed by atoms with E-state index in [-0.39, 0.29) is 5.91 Å². The maximum Gasteiger partial charge on any atom is 0.231 e. The standard InChI is InChI=1S/C15H21N3O3/c16-4-3-15(19)18-7-5-17(6-8-18)10-12-1-2-13-14(9-12)21-11-20-13/h1-2,9H,3-8,10-11,16H2. The van der Waals surface area contributed by atoms with E-state index in [0.29, 0.717) is 19.8 Å². The van der Waals surface area contributed by atoms with E-state index < -0.39 is 0 Å². The SMILES string of the molecule is NCCC(=O)N1CCN(Cc2ccc3c(c2)OCO3)CC1. The predicted octanol–water partition coefficient (Wildman–Crippen LogP) is 0.408. The third-order valence-electron chi connectivity index (χ3n) is 3.93. The van der Waals surface area contributed by atoms with Crippen molar-refractivity contribution in [3.05, 3.63) is 23.8 Å². The molecule has 2 heterocycles. The quantitative estimate of drug-likeness (QED) is 0.870. The van der Waals surface area contributed by atoms with Gasteiger partial charge < -0.3 is 20.1 Å². The topological polar surface area (TPSA) is 68.0 Å². The van der Waals surface area contributed by atoms with Gasteiger partial charge in [0.25, 0.3) is 0 Å². The number of piperazine rings is 1. The van der Waals surface area contributed by atoms with E-state index >= 15 is 0 Å². The van der Waals surface area contributed by atoms with E-state index in [0.717, 1.165) is 44.2 Å². The Kier molecular flexibility index (Phi) is 4.26. The molecule has 2 aliphatic rings. The van der Waals surface area contributed by atoms with Gasteiger partial charge in [-0.05, 0) is 17.7 Å². The highest BCUT2D eigenvalue weighted by Gasteiger charge is 2.21. The summed E-state index contributed by atoms with van der Waals surface area (Å²) in [7, 11) is 0. The van der Waals surface area contributed by atoms with Crippen LogP contribution in [0.2, 0.25) is 0 Å². The molecule has 0 radical (unpaired) electrons. The van der Waals surface area contributed by atoms with Crippen molar-refractivity contribution < 1.29 is 14.3 Å². The van der Waals surface area contributed by atoms with Crippen LogP contribution in [0.4, 0.5) is 0 Å². The van der Waals surface area contributed by atoms with Crippen LogP contribution < -0.4 is 15.2 Å². The molecule has 0 saturated carbocycles. The molecule has 1 fully saturated rings. The van der Waals surface area contributed by atoms with Gasteiger partial charge in [-0.3, -0.25) is 9.69 Å². The molecular weight excluding hydrogens is 270 g/mol. The first kappa shape index (κ1) is 14.2. The maximum atomic E-state index is 11.8. The molecule has 2 aliphatic heterocycles. The Morgan fingerprint density at radius 2 is 1.90 bits per heavy atom. The van der Waals surface area contributed by atoms with Gasteiger partial charge in [0.15, 0.2) is 11.5 Å². The summed E-state index contributed by atoms with van der Waals surface area (Å²) in [4.78, 5) is 16.0. The molecule has 1 aromatic rings.